The second-order valence-electron chi connectivity index (χ2n) is 4.43. The number of benzene rings is 1. The maximum absolute atomic E-state index is 12.9. The third-order valence-corrected chi connectivity index (χ3v) is 2.87. The molecule has 7 nitrogen and oxygen atoms in total. The van der Waals surface area contributed by atoms with Gasteiger partial charge in [-0.1, -0.05) is 0 Å². The van der Waals surface area contributed by atoms with Crippen LogP contribution in [-0.2, 0) is 6.54 Å². The third-order valence-electron chi connectivity index (χ3n) is 2.87. The van der Waals surface area contributed by atoms with Crippen LogP contribution < -0.4 is 11.2 Å². The standard InChI is InChI=1S/C14H9FN2O5/c15-9-3-1-8(2-4-9)13-16-17(14(20)22-13)6-10-5-11(18)12(19)7-21-10/h1-5,7,19H,6H2. The number of halogens is 1. The molecule has 0 atom stereocenters. The molecule has 2 heterocycles. The molecule has 0 bridgehead atoms. The van der Waals surface area contributed by atoms with E-state index in [4.69, 9.17) is 13.9 Å². The van der Waals surface area contributed by atoms with Crippen molar-refractivity contribution in [1.82, 2.24) is 9.78 Å². The van der Waals surface area contributed by atoms with E-state index in [0.717, 1.165) is 17.0 Å². The summed E-state index contributed by atoms with van der Waals surface area (Å²) in [5.41, 5.74) is -0.194. The first-order valence-electron chi connectivity index (χ1n) is 6.17. The molecule has 0 unspecified atom stereocenters. The minimum atomic E-state index is -0.755. The highest BCUT2D eigenvalue weighted by Crippen LogP contribution is 2.16. The molecular weight excluding hydrogens is 295 g/mol. The Balaban J connectivity index is 1.92. The van der Waals surface area contributed by atoms with E-state index in [1.165, 1.54) is 24.3 Å². The van der Waals surface area contributed by atoms with E-state index >= 15 is 0 Å². The minimum absolute atomic E-state index is 0.0196. The molecule has 0 radical (unpaired) electrons. The van der Waals surface area contributed by atoms with Crippen LogP contribution in [0.25, 0.3) is 11.5 Å². The lowest BCUT2D eigenvalue weighted by molar-refractivity contribution is 0.398. The summed E-state index contributed by atoms with van der Waals surface area (Å²) in [6.45, 7) is -0.140. The highest BCUT2D eigenvalue weighted by Gasteiger charge is 2.12. The largest absolute Gasteiger partial charge is 0.502 e. The molecule has 112 valence electrons. The van der Waals surface area contributed by atoms with Crippen molar-refractivity contribution in [3.05, 3.63) is 68.9 Å². The third kappa shape index (κ3) is 2.66. The number of aromatic nitrogens is 2. The highest BCUT2D eigenvalue weighted by molar-refractivity contribution is 5.51. The van der Waals surface area contributed by atoms with Crippen LogP contribution in [-0.4, -0.2) is 14.9 Å². The van der Waals surface area contributed by atoms with Crippen LogP contribution in [0.2, 0.25) is 0 Å². The summed E-state index contributed by atoms with van der Waals surface area (Å²) in [7, 11) is 0. The first-order valence-corrected chi connectivity index (χ1v) is 6.17. The zero-order chi connectivity index (χ0) is 15.7. The SMILES string of the molecule is O=c1cc(Cn2nc(-c3ccc(F)cc3)oc2=O)occ1O. The molecule has 22 heavy (non-hydrogen) atoms. The van der Waals surface area contributed by atoms with E-state index in [1.54, 1.807) is 0 Å². The fraction of sp³-hybridized carbons (Fsp3) is 0.0714. The first kappa shape index (κ1) is 13.8. The van der Waals surface area contributed by atoms with Gasteiger partial charge < -0.3 is 13.9 Å². The summed E-state index contributed by atoms with van der Waals surface area (Å²) in [6.07, 6.45) is 0.879. The summed E-state index contributed by atoms with van der Waals surface area (Å²) >= 11 is 0. The number of hydrogen-bond donors (Lipinski definition) is 1. The first-order chi connectivity index (χ1) is 10.5. The lowest BCUT2D eigenvalue weighted by Gasteiger charge is -1.98. The molecule has 0 amide bonds. The Bertz CT molecular complexity index is 923. The van der Waals surface area contributed by atoms with Gasteiger partial charge in [-0.25, -0.2) is 9.18 Å². The van der Waals surface area contributed by atoms with Gasteiger partial charge in [0.1, 0.15) is 24.4 Å². The molecule has 0 aliphatic carbocycles. The molecule has 0 aliphatic heterocycles. The highest BCUT2D eigenvalue weighted by atomic mass is 19.1. The Morgan fingerprint density at radius 2 is 1.95 bits per heavy atom. The van der Waals surface area contributed by atoms with Gasteiger partial charge in [0.25, 0.3) is 0 Å². The Morgan fingerprint density at radius 1 is 1.23 bits per heavy atom. The van der Waals surface area contributed by atoms with Crippen LogP contribution in [0, 0.1) is 5.82 Å². The second kappa shape index (κ2) is 5.32. The quantitative estimate of drug-likeness (QED) is 0.784. The van der Waals surface area contributed by atoms with Crippen molar-refractivity contribution in [1.29, 1.82) is 0 Å². The molecular formula is C14H9FN2O5. The minimum Gasteiger partial charge on any atom is -0.502 e. The van der Waals surface area contributed by atoms with Crippen LogP contribution in [0.4, 0.5) is 4.39 Å². The Morgan fingerprint density at radius 3 is 2.64 bits per heavy atom. The number of nitrogens with zero attached hydrogens (tertiary/aromatic N) is 2. The van der Waals surface area contributed by atoms with Crippen molar-refractivity contribution in [2.75, 3.05) is 0 Å². The van der Waals surface area contributed by atoms with Gasteiger partial charge >= 0.3 is 5.76 Å². The van der Waals surface area contributed by atoms with Gasteiger partial charge in [-0.05, 0) is 24.3 Å². The maximum atomic E-state index is 12.9. The van der Waals surface area contributed by atoms with E-state index in [2.05, 4.69) is 5.10 Å². The molecule has 0 saturated carbocycles. The zero-order valence-corrected chi connectivity index (χ0v) is 11.0. The number of aromatic hydroxyl groups is 1. The predicted molar refractivity (Wildman–Crippen MR) is 71.9 cm³/mol. The van der Waals surface area contributed by atoms with Crippen molar-refractivity contribution in [2.45, 2.75) is 6.54 Å². The van der Waals surface area contributed by atoms with Crippen LogP contribution in [0.1, 0.15) is 5.76 Å². The second-order valence-corrected chi connectivity index (χ2v) is 4.43. The molecule has 0 saturated heterocycles. The Hall–Kier alpha value is -3.16. The van der Waals surface area contributed by atoms with Crippen LogP contribution in [0.5, 0.6) is 5.75 Å². The molecule has 2 aromatic heterocycles. The normalized spacial score (nSPS) is 10.8. The molecule has 0 spiro atoms. The summed E-state index contributed by atoms with van der Waals surface area (Å²) in [6, 6.07) is 6.33. The molecule has 1 N–H and O–H groups in total. The van der Waals surface area contributed by atoms with Gasteiger partial charge in [0, 0.05) is 11.6 Å². The Labute approximate surface area is 121 Å². The molecule has 1 aromatic carbocycles. The van der Waals surface area contributed by atoms with E-state index in [-0.39, 0.29) is 18.2 Å². The molecule has 8 heteroatoms. The molecule has 3 aromatic rings. The van der Waals surface area contributed by atoms with Gasteiger partial charge in [0.15, 0.2) is 5.75 Å². The number of hydrogen-bond acceptors (Lipinski definition) is 6. The van der Waals surface area contributed by atoms with Gasteiger partial charge in [0.2, 0.25) is 11.3 Å². The van der Waals surface area contributed by atoms with Gasteiger partial charge in [-0.15, -0.1) is 5.10 Å². The smallest absolute Gasteiger partial charge is 0.437 e. The average Bonchev–Trinajstić information content (AvgIpc) is 2.85. The van der Waals surface area contributed by atoms with Crippen molar-refractivity contribution < 1.29 is 18.3 Å². The van der Waals surface area contributed by atoms with Gasteiger partial charge in [0.05, 0.1) is 0 Å². The van der Waals surface area contributed by atoms with Crippen molar-refractivity contribution in [3.8, 4) is 17.2 Å². The van der Waals surface area contributed by atoms with Crippen molar-refractivity contribution in [3.63, 3.8) is 0 Å². The van der Waals surface area contributed by atoms with Gasteiger partial charge in [-0.2, -0.15) is 4.68 Å². The van der Waals surface area contributed by atoms with Gasteiger partial charge in [-0.3, -0.25) is 4.79 Å². The molecule has 3 rings (SSSR count). The summed E-state index contributed by atoms with van der Waals surface area (Å²) in [5, 5.41) is 13.0. The lowest BCUT2D eigenvalue weighted by atomic mass is 10.2. The zero-order valence-electron chi connectivity index (χ0n) is 11.0. The predicted octanol–water partition coefficient (Wildman–Crippen LogP) is 1.35. The topological polar surface area (TPSA) is 98.5 Å². The summed E-state index contributed by atoms with van der Waals surface area (Å²) < 4.78 is 23.8. The fourth-order valence-electron chi connectivity index (χ4n) is 1.79. The van der Waals surface area contributed by atoms with Crippen molar-refractivity contribution in [2.24, 2.45) is 0 Å². The monoisotopic (exact) mass is 304 g/mol. The van der Waals surface area contributed by atoms with E-state index in [9.17, 15) is 14.0 Å². The summed E-state index contributed by atoms with van der Waals surface area (Å²) in [4.78, 5) is 23.0. The fourth-order valence-corrected chi connectivity index (χ4v) is 1.79. The number of rotatable bonds is 3. The molecule has 0 fully saturated rings. The van der Waals surface area contributed by atoms with E-state index < -0.39 is 22.8 Å². The lowest BCUT2D eigenvalue weighted by Crippen LogP contribution is -2.17. The van der Waals surface area contributed by atoms with Crippen molar-refractivity contribution >= 4 is 0 Å². The Kier molecular flexibility index (Phi) is 3.34. The average molecular weight is 304 g/mol. The van der Waals surface area contributed by atoms with Crippen LogP contribution in [0.3, 0.4) is 0 Å². The van der Waals surface area contributed by atoms with Crippen LogP contribution >= 0.6 is 0 Å². The van der Waals surface area contributed by atoms with E-state index in [1.807, 2.05) is 0 Å². The van der Waals surface area contributed by atoms with E-state index in [0.29, 0.717) is 5.56 Å². The summed E-state index contributed by atoms with van der Waals surface area (Å²) in [5.74, 6) is -1.55. The maximum Gasteiger partial charge on any atom is 0.437 e. The molecule has 0 aliphatic rings. The van der Waals surface area contributed by atoms with Crippen LogP contribution in [0.15, 0.2) is 55.0 Å².